The highest BCUT2D eigenvalue weighted by Crippen LogP contribution is 2.44. The van der Waals surface area contributed by atoms with Gasteiger partial charge in [-0.25, -0.2) is 0 Å². The number of anilines is 1. The summed E-state index contributed by atoms with van der Waals surface area (Å²) in [5.41, 5.74) is 1.32. The Morgan fingerprint density at radius 3 is 2.37 bits per heavy atom. The molecule has 35 heavy (non-hydrogen) atoms. The topological polar surface area (TPSA) is 85.3 Å². The summed E-state index contributed by atoms with van der Waals surface area (Å²) in [6.07, 6.45) is 0. The summed E-state index contributed by atoms with van der Waals surface area (Å²) in [6.45, 7) is 2.23. The molecular formula is C27H24ClNO6. The van der Waals surface area contributed by atoms with E-state index in [9.17, 15) is 14.7 Å². The predicted octanol–water partition coefficient (Wildman–Crippen LogP) is 5.38. The van der Waals surface area contributed by atoms with Crippen LogP contribution in [-0.2, 0) is 9.59 Å². The van der Waals surface area contributed by atoms with Crippen LogP contribution in [0.5, 0.6) is 17.2 Å². The van der Waals surface area contributed by atoms with Gasteiger partial charge >= 0.3 is 0 Å². The molecule has 0 spiro atoms. The van der Waals surface area contributed by atoms with Crippen molar-refractivity contribution in [3.05, 3.63) is 88.5 Å². The minimum absolute atomic E-state index is 0.0484. The summed E-state index contributed by atoms with van der Waals surface area (Å²) < 4.78 is 16.4. The second kappa shape index (κ2) is 10.1. The number of benzene rings is 3. The van der Waals surface area contributed by atoms with Gasteiger partial charge in [0, 0.05) is 22.3 Å². The van der Waals surface area contributed by atoms with Crippen molar-refractivity contribution in [3.63, 3.8) is 0 Å². The van der Waals surface area contributed by atoms with E-state index >= 15 is 0 Å². The predicted molar refractivity (Wildman–Crippen MR) is 133 cm³/mol. The molecule has 1 atom stereocenters. The van der Waals surface area contributed by atoms with Crippen LogP contribution in [0.2, 0.25) is 5.02 Å². The molecule has 1 N–H and O–H groups in total. The van der Waals surface area contributed by atoms with E-state index in [-0.39, 0.29) is 11.3 Å². The smallest absolute Gasteiger partial charge is 0.300 e. The van der Waals surface area contributed by atoms with Crippen molar-refractivity contribution in [1.29, 1.82) is 0 Å². The molecule has 4 rings (SSSR count). The lowest BCUT2D eigenvalue weighted by Gasteiger charge is -2.26. The van der Waals surface area contributed by atoms with Crippen LogP contribution in [0.15, 0.2) is 72.3 Å². The van der Waals surface area contributed by atoms with E-state index in [0.29, 0.717) is 45.7 Å². The van der Waals surface area contributed by atoms with Crippen LogP contribution in [0, 0.1) is 0 Å². The van der Waals surface area contributed by atoms with Gasteiger partial charge in [-0.15, -0.1) is 0 Å². The highest BCUT2D eigenvalue weighted by Gasteiger charge is 2.47. The summed E-state index contributed by atoms with van der Waals surface area (Å²) in [5, 5.41) is 11.7. The number of aliphatic hydroxyl groups is 1. The van der Waals surface area contributed by atoms with Crippen molar-refractivity contribution < 1.29 is 28.9 Å². The van der Waals surface area contributed by atoms with Gasteiger partial charge in [-0.1, -0.05) is 23.7 Å². The summed E-state index contributed by atoms with van der Waals surface area (Å²) >= 11 is 6.00. The molecule has 0 aliphatic carbocycles. The summed E-state index contributed by atoms with van der Waals surface area (Å²) in [6, 6.07) is 17.4. The molecule has 0 aromatic heterocycles. The van der Waals surface area contributed by atoms with Crippen LogP contribution in [0.4, 0.5) is 5.69 Å². The van der Waals surface area contributed by atoms with E-state index in [4.69, 9.17) is 25.8 Å². The van der Waals surface area contributed by atoms with Crippen LogP contribution < -0.4 is 19.1 Å². The number of rotatable bonds is 7. The fourth-order valence-corrected chi connectivity index (χ4v) is 4.20. The van der Waals surface area contributed by atoms with Gasteiger partial charge < -0.3 is 19.3 Å². The third-order valence-corrected chi connectivity index (χ3v) is 5.95. The molecular weight excluding hydrogens is 470 g/mol. The number of carbonyl (C=O) groups is 2. The maximum atomic E-state index is 13.3. The van der Waals surface area contributed by atoms with Crippen molar-refractivity contribution in [2.45, 2.75) is 13.0 Å². The molecule has 0 bridgehead atoms. The first-order chi connectivity index (χ1) is 16.9. The van der Waals surface area contributed by atoms with Gasteiger partial charge in [-0.05, 0) is 61.0 Å². The Kier molecular flexibility index (Phi) is 6.98. The number of carbonyl (C=O) groups excluding carboxylic acids is 2. The number of hydrogen-bond donors (Lipinski definition) is 1. The zero-order chi connectivity index (χ0) is 25.1. The average Bonchev–Trinajstić information content (AvgIpc) is 3.14. The Morgan fingerprint density at radius 2 is 1.71 bits per heavy atom. The lowest BCUT2D eigenvalue weighted by molar-refractivity contribution is -0.132. The van der Waals surface area contributed by atoms with Gasteiger partial charge in [0.25, 0.3) is 11.7 Å². The highest BCUT2D eigenvalue weighted by molar-refractivity contribution is 6.51. The minimum atomic E-state index is -0.928. The second-order valence-corrected chi connectivity index (χ2v) is 8.16. The normalized spacial score (nSPS) is 16.9. The molecule has 180 valence electrons. The summed E-state index contributed by atoms with van der Waals surface area (Å²) in [5.74, 6) is -0.400. The van der Waals surface area contributed by atoms with Gasteiger partial charge in [0.05, 0.1) is 32.4 Å². The lowest BCUT2D eigenvalue weighted by Crippen LogP contribution is -2.29. The van der Waals surface area contributed by atoms with Gasteiger partial charge in [-0.3, -0.25) is 14.5 Å². The highest BCUT2D eigenvalue weighted by atomic mass is 35.5. The van der Waals surface area contributed by atoms with E-state index in [1.807, 2.05) is 6.92 Å². The Labute approximate surface area is 208 Å². The van der Waals surface area contributed by atoms with Crippen LogP contribution >= 0.6 is 11.6 Å². The van der Waals surface area contributed by atoms with Crippen LogP contribution in [0.3, 0.4) is 0 Å². The number of hydrogen-bond acceptors (Lipinski definition) is 6. The Hall–Kier alpha value is -3.97. The van der Waals surface area contributed by atoms with Crippen molar-refractivity contribution in [2.75, 3.05) is 25.7 Å². The zero-order valence-corrected chi connectivity index (χ0v) is 20.2. The number of ether oxygens (including phenoxy) is 3. The van der Waals surface area contributed by atoms with E-state index in [0.717, 1.165) is 0 Å². The average molecular weight is 494 g/mol. The Balaban J connectivity index is 1.96. The Morgan fingerprint density at radius 1 is 0.971 bits per heavy atom. The first-order valence-electron chi connectivity index (χ1n) is 10.9. The third-order valence-electron chi connectivity index (χ3n) is 5.70. The first kappa shape index (κ1) is 24.2. The fourth-order valence-electron chi connectivity index (χ4n) is 4.07. The van der Waals surface area contributed by atoms with Crippen molar-refractivity contribution in [2.24, 2.45) is 0 Å². The minimum Gasteiger partial charge on any atom is -0.507 e. The maximum absolute atomic E-state index is 13.3. The largest absolute Gasteiger partial charge is 0.507 e. The number of methoxy groups -OCH3 is 2. The van der Waals surface area contributed by atoms with E-state index in [1.165, 1.54) is 19.1 Å². The lowest BCUT2D eigenvalue weighted by atomic mass is 9.94. The zero-order valence-electron chi connectivity index (χ0n) is 19.4. The number of Topliss-reactive ketones (excluding diaryl/α,β-unsaturated/α-hetero) is 1. The number of nitrogens with zero attached hydrogens (tertiary/aromatic N) is 1. The maximum Gasteiger partial charge on any atom is 0.300 e. The number of halogens is 1. The number of amides is 1. The van der Waals surface area contributed by atoms with Gasteiger partial charge in [-0.2, -0.15) is 0 Å². The molecule has 8 heteroatoms. The van der Waals surface area contributed by atoms with Crippen LogP contribution in [0.1, 0.15) is 24.1 Å². The van der Waals surface area contributed by atoms with E-state index in [1.54, 1.807) is 66.7 Å². The summed E-state index contributed by atoms with van der Waals surface area (Å²) in [7, 11) is 3.05. The monoisotopic (exact) mass is 493 g/mol. The molecule has 3 aromatic rings. The first-order valence-corrected chi connectivity index (χ1v) is 11.3. The molecule has 3 aromatic carbocycles. The second-order valence-electron chi connectivity index (χ2n) is 7.72. The third kappa shape index (κ3) is 4.55. The van der Waals surface area contributed by atoms with Crippen molar-refractivity contribution >= 4 is 34.7 Å². The van der Waals surface area contributed by atoms with Crippen LogP contribution in [0.25, 0.3) is 5.76 Å². The van der Waals surface area contributed by atoms with Crippen molar-refractivity contribution in [1.82, 2.24) is 0 Å². The fraction of sp³-hybridized carbons (Fsp3) is 0.185. The SMILES string of the molecule is CCOc1cc(C2/C(=C(/O)c3ccc(Cl)cc3)C(=O)C(=O)N2c2cccc(OC)c2)ccc1OC. The van der Waals surface area contributed by atoms with Crippen molar-refractivity contribution in [3.8, 4) is 17.2 Å². The van der Waals surface area contributed by atoms with Crippen LogP contribution in [-0.4, -0.2) is 37.6 Å². The van der Waals surface area contributed by atoms with Gasteiger partial charge in [0.2, 0.25) is 0 Å². The van der Waals surface area contributed by atoms with Gasteiger partial charge in [0.15, 0.2) is 11.5 Å². The van der Waals surface area contributed by atoms with Gasteiger partial charge in [0.1, 0.15) is 11.5 Å². The summed E-state index contributed by atoms with van der Waals surface area (Å²) in [4.78, 5) is 28.0. The molecule has 7 nitrogen and oxygen atoms in total. The number of ketones is 1. The molecule has 1 fully saturated rings. The molecule has 1 amide bonds. The molecule has 1 heterocycles. The molecule has 1 saturated heterocycles. The quantitative estimate of drug-likeness (QED) is 0.270. The molecule has 0 saturated carbocycles. The molecule has 1 aliphatic rings. The number of aliphatic hydroxyl groups excluding tert-OH is 1. The van der Waals surface area contributed by atoms with E-state index in [2.05, 4.69) is 0 Å². The standard InChI is InChI=1S/C27H24ClNO6/c1-4-35-22-14-17(10-13-21(22)34-3)24-23(25(30)16-8-11-18(28)12-9-16)26(31)27(32)29(24)19-6-5-7-20(15-19)33-2/h5-15,24,30H,4H2,1-3H3/b25-23-. The van der Waals surface area contributed by atoms with E-state index < -0.39 is 17.7 Å². The molecule has 0 radical (unpaired) electrons. The molecule has 1 aliphatic heterocycles. The molecule has 1 unspecified atom stereocenters. The Bertz CT molecular complexity index is 1300.